The molecular formula is C19H26N2. The molecule has 0 saturated heterocycles. The Labute approximate surface area is 128 Å². The number of nitrogens with two attached hydrogens (primary N) is 1. The van der Waals surface area contributed by atoms with Crippen molar-refractivity contribution in [3.8, 4) is 0 Å². The second kappa shape index (κ2) is 7.84. The highest BCUT2D eigenvalue weighted by Crippen LogP contribution is 2.22. The van der Waals surface area contributed by atoms with Crippen molar-refractivity contribution in [1.82, 2.24) is 0 Å². The molecule has 2 N–H and O–H groups in total. The van der Waals surface area contributed by atoms with Crippen molar-refractivity contribution in [3.63, 3.8) is 0 Å². The maximum Gasteiger partial charge on any atom is 0.0366 e. The minimum atomic E-state index is 0.394. The van der Waals surface area contributed by atoms with Crippen molar-refractivity contribution in [2.45, 2.75) is 26.2 Å². The number of rotatable bonds is 7. The van der Waals surface area contributed by atoms with Crippen LogP contribution in [0.2, 0.25) is 0 Å². The first-order chi connectivity index (χ1) is 10.3. The molecule has 0 aromatic heterocycles. The van der Waals surface area contributed by atoms with E-state index in [0.29, 0.717) is 12.5 Å². The van der Waals surface area contributed by atoms with Crippen LogP contribution in [0.25, 0.3) is 0 Å². The molecule has 0 aliphatic rings. The Hall–Kier alpha value is -1.80. The third kappa shape index (κ3) is 4.08. The van der Waals surface area contributed by atoms with E-state index in [0.717, 1.165) is 19.5 Å². The van der Waals surface area contributed by atoms with E-state index in [1.807, 2.05) is 0 Å². The molecule has 112 valence electrons. The molecule has 2 heteroatoms. The van der Waals surface area contributed by atoms with E-state index < -0.39 is 0 Å². The predicted octanol–water partition coefficient (Wildman–Crippen LogP) is 3.82. The van der Waals surface area contributed by atoms with Gasteiger partial charge in [0.05, 0.1) is 0 Å². The number of benzene rings is 2. The SMILES string of the molecule is CCN(CC)c1ccc(CC(CN)c2ccccc2)cc1. The summed E-state index contributed by atoms with van der Waals surface area (Å²) in [6.07, 6.45) is 0.999. The first-order valence-electron chi connectivity index (χ1n) is 7.87. The molecule has 2 nitrogen and oxygen atoms in total. The summed E-state index contributed by atoms with van der Waals surface area (Å²) >= 11 is 0. The standard InChI is InChI=1S/C19H26N2/c1-3-21(4-2)19-12-10-16(11-13-19)14-18(15-20)17-8-6-5-7-9-17/h5-13,18H,3-4,14-15,20H2,1-2H3. The molecule has 0 spiro atoms. The molecule has 0 saturated carbocycles. The van der Waals surface area contributed by atoms with Crippen molar-refractivity contribution in [2.75, 3.05) is 24.5 Å². The van der Waals surface area contributed by atoms with Gasteiger partial charge in [-0.3, -0.25) is 0 Å². The molecule has 0 aliphatic carbocycles. The molecule has 1 atom stereocenters. The van der Waals surface area contributed by atoms with Crippen molar-refractivity contribution in [3.05, 3.63) is 65.7 Å². The van der Waals surface area contributed by atoms with Crippen molar-refractivity contribution < 1.29 is 0 Å². The number of nitrogens with zero attached hydrogens (tertiary/aromatic N) is 1. The van der Waals surface area contributed by atoms with Gasteiger partial charge in [0.1, 0.15) is 0 Å². The quantitative estimate of drug-likeness (QED) is 0.836. The van der Waals surface area contributed by atoms with Crippen LogP contribution in [0.4, 0.5) is 5.69 Å². The average Bonchev–Trinajstić information content (AvgIpc) is 2.56. The summed E-state index contributed by atoms with van der Waals surface area (Å²) in [5.41, 5.74) is 9.94. The summed E-state index contributed by atoms with van der Waals surface area (Å²) in [6.45, 7) is 7.16. The molecule has 2 aromatic carbocycles. The highest BCUT2D eigenvalue weighted by molar-refractivity contribution is 5.47. The fraction of sp³-hybridized carbons (Fsp3) is 0.368. The Morgan fingerprint density at radius 2 is 1.52 bits per heavy atom. The second-order valence-corrected chi connectivity index (χ2v) is 5.39. The third-order valence-corrected chi connectivity index (χ3v) is 4.10. The Bertz CT molecular complexity index is 515. The fourth-order valence-corrected chi connectivity index (χ4v) is 2.78. The molecule has 21 heavy (non-hydrogen) atoms. The van der Waals surface area contributed by atoms with Gasteiger partial charge in [-0.15, -0.1) is 0 Å². The van der Waals surface area contributed by atoms with Gasteiger partial charge in [-0.25, -0.2) is 0 Å². The second-order valence-electron chi connectivity index (χ2n) is 5.39. The first kappa shape index (κ1) is 15.6. The summed E-state index contributed by atoms with van der Waals surface area (Å²) in [4.78, 5) is 2.36. The third-order valence-electron chi connectivity index (χ3n) is 4.10. The fourth-order valence-electron chi connectivity index (χ4n) is 2.78. The van der Waals surface area contributed by atoms with Crippen LogP contribution in [0.3, 0.4) is 0 Å². The van der Waals surface area contributed by atoms with Crippen LogP contribution < -0.4 is 10.6 Å². The van der Waals surface area contributed by atoms with Crippen molar-refractivity contribution in [1.29, 1.82) is 0 Å². The van der Waals surface area contributed by atoms with Crippen LogP contribution in [0.5, 0.6) is 0 Å². The van der Waals surface area contributed by atoms with E-state index in [4.69, 9.17) is 5.73 Å². The van der Waals surface area contributed by atoms with Gasteiger partial charge in [-0.2, -0.15) is 0 Å². The molecule has 0 amide bonds. The van der Waals surface area contributed by atoms with Gasteiger partial charge in [0.2, 0.25) is 0 Å². The summed E-state index contributed by atoms with van der Waals surface area (Å²) in [5, 5.41) is 0. The van der Waals surface area contributed by atoms with Crippen LogP contribution in [0, 0.1) is 0 Å². The van der Waals surface area contributed by atoms with Crippen molar-refractivity contribution >= 4 is 5.69 Å². The van der Waals surface area contributed by atoms with E-state index >= 15 is 0 Å². The Balaban J connectivity index is 2.08. The summed E-state index contributed by atoms with van der Waals surface area (Å²) in [7, 11) is 0. The lowest BCUT2D eigenvalue weighted by molar-refractivity contribution is 0.694. The zero-order valence-electron chi connectivity index (χ0n) is 13.1. The maximum absolute atomic E-state index is 5.97. The lowest BCUT2D eigenvalue weighted by Gasteiger charge is -2.21. The number of hydrogen-bond acceptors (Lipinski definition) is 2. The smallest absolute Gasteiger partial charge is 0.0366 e. The highest BCUT2D eigenvalue weighted by atomic mass is 15.1. The van der Waals surface area contributed by atoms with Crippen molar-refractivity contribution in [2.24, 2.45) is 5.73 Å². The van der Waals surface area contributed by atoms with Gasteiger partial charge in [-0.05, 0) is 50.1 Å². The van der Waals surface area contributed by atoms with Gasteiger partial charge < -0.3 is 10.6 Å². The summed E-state index contributed by atoms with van der Waals surface area (Å²) in [6, 6.07) is 19.5. The number of hydrogen-bond donors (Lipinski definition) is 1. The van der Waals surface area contributed by atoms with Crippen LogP contribution >= 0.6 is 0 Å². The molecule has 0 radical (unpaired) electrons. The van der Waals surface area contributed by atoms with E-state index in [1.165, 1.54) is 16.8 Å². The van der Waals surface area contributed by atoms with E-state index in [2.05, 4.69) is 73.3 Å². The van der Waals surface area contributed by atoms with Gasteiger partial charge in [0.25, 0.3) is 0 Å². The molecule has 2 aromatic rings. The lowest BCUT2D eigenvalue weighted by atomic mass is 9.92. The lowest BCUT2D eigenvalue weighted by Crippen LogP contribution is -2.21. The highest BCUT2D eigenvalue weighted by Gasteiger charge is 2.10. The van der Waals surface area contributed by atoms with Crippen LogP contribution in [0.1, 0.15) is 30.9 Å². The van der Waals surface area contributed by atoms with E-state index in [9.17, 15) is 0 Å². The Kier molecular flexibility index (Phi) is 5.82. The van der Waals surface area contributed by atoms with Crippen LogP contribution in [0.15, 0.2) is 54.6 Å². The van der Waals surface area contributed by atoms with Gasteiger partial charge in [-0.1, -0.05) is 42.5 Å². The summed E-state index contributed by atoms with van der Waals surface area (Å²) < 4.78 is 0. The largest absolute Gasteiger partial charge is 0.372 e. The van der Waals surface area contributed by atoms with Gasteiger partial charge in [0.15, 0.2) is 0 Å². The zero-order chi connectivity index (χ0) is 15.1. The minimum Gasteiger partial charge on any atom is -0.372 e. The van der Waals surface area contributed by atoms with Gasteiger partial charge in [0, 0.05) is 24.7 Å². The zero-order valence-corrected chi connectivity index (χ0v) is 13.1. The van der Waals surface area contributed by atoms with E-state index in [1.54, 1.807) is 0 Å². The molecule has 0 bridgehead atoms. The molecule has 0 heterocycles. The molecular weight excluding hydrogens is 256 g/mol. The molecule has 2 rings (SSSR count). The Morgan fingerprint density at radius 1 is 0.905 bits per heavy atom. The minimum absolute atomic E-state index is 0.394. The topological polar surface area (TPSA) is 29.3 Å². The Morgan fingerprint density at radius 3 is 2.05 bits per heavy atom. The summed E-state index contributed by atoms with van der Waals surface area (Å²) in [5.74, 6) is 0.394. The normalized spacial score (nSPS) is 12.1. The van der Waals surface area contributed by atoms with Crippen LogP contribution in [-0.2, 0) is 6.42 Å². The first-order valence-corrected chi connectivity index (χ1v) is 7.87. The molecule has 0 fully saturated rings. The van der Waals surface area contributed by atoms with Gasteiger partial charge >= 0.3 is 0 Å². The van der Waals surface area contributed by atoms with E-state index in [-0.39, 0.29) is 0 Å². The maximum atomic E-state index is 5.97. The monoisotopic (exact) mass is 282 g/mol. The predicted molar refractivity (Wildman–Crippen MR) is 91.9 cm³/mol. The average molecular weight is 282 g/mol. The molecule has 0 aliphatic heterocycles. The number of anilines is 1. The van der Waals surface area contributed by atoms with Crippen LogP contribution in [-0.4, -0.2) is 19.6 Å². The molecule has 1 unspecified atom stereocenters.